The van der Waals surface area contributed by atoms with Crippen molar-refractivity contribution in [3.05, 3.63) is 12.2 Å². The van der Waals surface area contributed by atoms with Gasteiger partial charge in [0.1, 0.15) is 13.2 Å². The zero-order chi connectivity index (χ0) is 16.2. The van der Waals surface area contributed by atoms with Crippen molar-refractivity contribution in [3.8, 4) is 23.7 Å². The van der Waals surface area contributed by atoms with Crippen LogP contribution in [0.2, 0.25) is 0 Å². The van der Waals surface area contributed by atoms with Crippen LogP contribution < -0.4 is 0 Å². The Morgan fingerprint density at radius 1 is 0.909 bits per heavy atom. The largest absolute Gasteiger partial charge is 0.464 e. The van der Waals surface area contributed by atoms with Gasteiger partial charge >= 0.3 is 11.9 Å². The fourth-order valence-corrected chi connectivity index (χ4v) is 2.20. The summed E-state index contributed by atoms with van der Waals surface area (Å²) < 4.78 is 10.4. The third-order valence-electron chi connectivity index (χ3n) is 3.33. The van der Waals surface area contributed by atoms with E-state index in [1.165, 1.54) is 0 Å². The third kappa shape index (κ3) is 6.06. The first-order chi connectivity index (χ1) is 10.7. The van der Waals surface area contributed by atoms with E-state index in [1.54, 1.807) is 13.8 Å². The van der Waals surface area contributed by atoms with Gasteiger partial charge in [-0.05, 0) is 26.7 Å². The van der Waals surface area contributed by atoms with Gasteiger partial charge in [-0.25, -0.2) is 0 Å². The summed E-state index contributed by atoms with van der Waals surface area (Å²) in [6, 6.07) is 0. The molecule has 1 rings (SSSR count). The van der Waals surface area contributed by atoms with E-state index in [4.69, 9.17) is 9.47 Å². The van der Waals surface area contributed by atoms with Crippen LogP contribution in [0.15, 0.2) is 12.2 Å². The summed E-state index contributed by atoms with van der Waals surface area (Å²) >= 11 is 0. The van der Waals surface area contributed by atoms with E-state index < -0.39 is 11.8 Å². The molecule has 118 valence electrons. The van der Waals surface area contributed by atoms with Crippen LogP contribution in [-0.2, 0) is 19.1 Å². The Balaban J connectivity index is 2.52. The molecule has 22 heavy (non-hydrogen) atoms. The molecule has 1 aliphatic rings. The minimum absolute atomic E-state index is 0.258. The summed E-state index contributed by atoms with van der Waals surface area (Å²) in [6.45, 7) is 3.99. The number of allylic oxidation sites excluding steroid dienone is 2. The van der Waals surface area contributed by atoms with Gasteiger partial charge in [-0.15, -0.1) is 23.7 Å². The average Bonchev–Trinajstić information content (AvgIpc) is 2.55. The lowest BCUT2D eigenvalue weighted by Gasteiger charge is -2.25. The lowest BCUT2D eigenvalue weighted by molar-refractivity contribution is -0.160. The summed E-state index contributed by atoms with van der Waals surface area (Å²) in [7, 11) is 0. The topological polar surface area (TPSA) is 52.6 Å². The van der Waals surface area contributed by atoms with E-state index in [-0.39, 0.29) is 25.2 Å². The van der Waals surface area contributed by atoms with Crippen molar-refractivity contribution in [2.24, 2.45) is 11.8 Å². The molecule has 0 spiro atoms. The third-order valence-corrected chi connectivity index (χ3v) is 3.33. The number of hydrogen-bond acceptors (Lipinski definition) is 4. The number of carbonyl (C=O) groups is 2. The second kappa shape index (κ2) is 10.5. The first-order valence-electron chi connectivity index (χ1n) is 7.48. The first-order valence-corrected chi connectivity index (χ1v) is 7.48. The lowest BCUT2D eigenvalue weighted by Crippen LogP contribution is -2.34. The van der Waals surface area contributed by atoms with Crippen molar-refractivity contribution in [1.82, 2.24) is 0 Å². The summed E-state index contributed by atoms with van der Waals surface area (Å²) in [5.41, 5.74) is 0. The molecule has 1 aliphatic carbocycles. The standard InChI is InChI=1S/C18H22O4/c1-3-5-9-13-21-17(19)15-11-7-8-12-16(15)18(20)22-14-10-6-4-2/h7-8,15-16H,9-14H2,1-2H3/t15-,16+. The number of hydrogen-bond donors (Lipinski definition) is 0. The molecule has 0 aromatic carbocycles. The minimum atomic E-state index is -0.468. The van der Waals surface area contributed by atoms with Crippen molar-refractivity contribution >= 4 is 11.9 Å². The molecule has 0 heterocycles. The maximum Gasteiger partial charge on any atom is 0.310 e. The maximum atomic E-state index is 12.1. The van der Waals surface area contributed by atoms with Gasteiger partial charge in [0.05, 0.1) is 11.8 Å². The van der Waals surface area contributed by atoms with E-state index in [2.05, 4.69) is 23.7 Å². The number of rotatable bonds is 6. The smallest absolute Gasteiger partial charge is 0.310 e. The second-order valence-corrected chi connectivity index (χ2v) is 4.84. The maximum absolute atomic E-state index is 12.1. The van der Waals surface area contributed by atoms with E-state index in [0.717, 1.165) is 0 Å². The Morgan fingerprint density at radius 3 is 1.68 bits per heavy atom. The van der Waals surface area contributed by atoms with Crippen molar-refractivity contribution in [1.29, 1.82) is 0 Å². The van der Waals surface area contributed by atoms with Gasteiger partial charge in [0.25, 0.3) is 0 Å². The summed E-state index contributed by atoms with van der Waals surface area (Å²) in [5, 5.41) is 0. The molecular weight excluding hydrogens is 280 g/mol. The van der Waals surface area contributed by atoms with Crippen LogP contribution in [0, 0.1) is 35.5 Å². The van der Waals surface area contributed by atoms with Crippen LogP contribution in [-0.4, -0.2) is 25.2 Å². The fourth-order valence-electron chi connectivity index (χ4n) is 2.20. The molecule has 0 amide bonds. The molecule has 0 unspecified atom stereocenters. The van der Waals surface area contributed by atoms with Gasteiger partial charge in [-0.2, -0.15) is 0 Å². The van der Waals surface area contributed by atoms with E-state index >= 15 is 0 Å². The van der Waals surface area contributed by atoms with Crippen molar-refractivity contribution in [3.63, 3.8) is 0 Å². The molecule has 0 aromatic heterocycles. The van der Waals surface area contributed by atoms with Crippen molar-refractivity contribution < 1.29 is 19.1 Å². The van der Waals surface area contributed by atoms with Gasteiger partial charge in [0.2, 0.25) is 0 Å². The molecule has 0 aromatic rings. The minimum Gasteiger partial charge on any atom is -0.464 e. The Hall–Kier alpha value is -2.20. The highest BCUT2D eigenvalue weighted by Crippen LogP contribution is 2.28. The van der Waals surface area contributed by atoms with E-state index in [9.17, 15) is 9.59 Å². The van der Waals surface area contributed by atoms with E-state index in [0.29, 0.717) is 25.7 Å². The van der Waals surface area contributed by atoms with Crippen LogP contribution in [0.25, 0.3) is 0 Å². The van der Waals surface area contributed by atoms with Gasteiger partial charge in [0.15, 0.2) is 0 Å². The number of esters is 2. The van der Waals surface area contributed by atoms with Gasteiger partial charge < -0.3 is 9.47 Å². The molecule has 4 nitrogen and oxygen atoms in total. The zero-order valence-corrected chi connectivity index (χ0v) is 13.2. The van der Waals surface area contributed by atoms with E-state index in [1.807, 2.05) is 12.2 Å². The Morgan fingerprint density at radius 2 is 1.32 bits per heavy atom. The van der Waals surface area contributed by atoms with Crippen LogP contribution in [0.3, 0.4) is 0 Å². The molecule has 0 aliphatic heterocycles. The van der Waals surface area contributed by atoms with Crippen molar-refractivity contribution in [2.75, 3.05) is 13.2 Å². The normalized spacial score (nSPS) is 19.2. The summed E-state index contributed by atoms with van der Waals surface area (Å²) in [6.07, 6.45) is 5.85. The molecule has 0 bridgehead atoms. The highest BCUT2D eigenvalue weighted by Gasteiger charge is 2.36. The van der Waals surface area contributed by atoms with Crippen LogP contribution >= 0.6 is 0 Å². The zero-order valence-electron chi connectivity index (χ0n) is 13.2. The highest BCUT2D eigenvalue weighted by molar-refractivity contribution is 5.82. The molecule has 2 atom stereocenters. The van der Waals surface area contributed by atoms with Crippen LogP contribution in [0.1, 0.15) is 39.5 Å². The number of ether oxygens (including phenoxy) is 2. The summed E-state index contributed by atoms with van der Waals surface area (Å²) in [5.74, 6) is 9.52. The molecule has 0 saturated heterocycles. The lowest BCUT2D eigenvalue weighted by atomic mass is 9.83. The molecule has 0 saturated carbocycles. The number of carbonyl (C=O) groups excluding carboxylic acids is 2. The molecule has 0 fully saturated rings. The van der Waals surface area contributed by atoms with Crippen LogP contribution in [0.4, 0.5) is 0 Å². The monoisotopic (exact) mass is 302 g/mol. The predicted molar refractivity (Wildman–Crippen MR) is 83.4 cm³/mol. The van der Waals surface area contributed by atoms with Gasteiger partial charge in [-0.1, -0.05) is 12.2 Å². The summed E-state index contributed by atoms with van der Waals surface area (Å²) in [4.78, 5) is 24.2. The predicted octanol–water partition coefficient (Wildman–Crippen LogP) is 2.48. The quantitative estimate of drug-likeness (QED) is 0.327. The average molecular weight is 302 g/mol. The SMILES string of the molecule is CC#CCCOC(=O)[C@H]1CC=CC[C@H]1C(=O)OCCC#CC. The van der Waals surface area contributed by atoms with Gasteiger partial charge in [-0.3, -0.25) is 9.59 Å². The Kier molecular flexibility index (Phi) is 8.53. The van der Waals surface area contributed by atoms with Crippen LogP contribution in [0.5, 0.6) is 0 Å². The molecule has 4 heteroatoms. The van der Waals surface area contributed by atoms with Gasteiger partial charge in [0, 0.05) is 12.8 Å². The van der Waals surface area contributed by atoms with Crippen molar-refractivity contribution in [2.45, 2.75) is 39.5 Å². The Labute approximate surface area is 132 Å². The molecule has 0 radical (unpaired) electrons. The molecule has 0 N–H and O–H groups in total. The second-order valence-electron chi connectivity index (χ2n) is 4.84. The Bertz CT molecular complexity index is 477. The fraction of sp³-hybridized carbons (Fsp3) is 0.556. The molecular formula is C18H22O4. The first kappa shape index (κ1) is 17.9. The highest BCUT2D eigenvalue weighted by atomic mass is 16.5.